The summed E-state index contributed by atoms with van der Waals surface area (Å²) in [6, 6.07) is 4.27. The van der Waals surface area contributed by atoms with Gasteiger partial charge < -0.3 is 0 Å². The number of aryl methyl sites for hydroxylation is 1. The van der Waals surface area contributed by atoms with Crippen LogP contribution in [0.15, 0.2) is 18.3 Å². The van der Waals surface area contributed by atoms with E-state index >= 15 is 0 Å². The van der Waals surface area contributed by atoms with Crippen LogP contribution in [0, 0.1) is 12.8 Å². The first-order valence-electron chi connectivity index (χ1n) is 5.52. The summed E-state index contributed by atoms with van der Waals surface area (Å²) in [5.74, 6) is 6.29. The number of hydrazine groups is 1. The summed E-state index contributed by atoms with van der Waals surface area (Å²) in [5.41, 5.74) is 5.14. The molecule has 0 spiro atoms. The highest BCUT2D eigenvalue weighted by Gasteiger charge is 2.12. The van der Waals surface area contributed by atoms with Gasteiger partial charge in [-0.1, -0.05) is 19.9 Å². The van der Waals surface area contributed by atoms with Gasteiger partial charge in [0.25, 0.3) is 0 Å². The van der Waals surface area contributed by atoms with E-state index in [9.17, 15) is 0 Å². The fraction of sp³-hybridized carbons (Fsp3) is 0.583. The standard InChI is InChI=1S/C12H21N3/c1-9(2)6-7-12(15-13)11-5-4-8-14-10(11)3/h4-5,8-9,12,15H,6-7,13H2,1-3H3. The van der Waals surface area contributed by atoms with Gasteiger partial charge in [0.05, 0.1) is 0 Å². The molecule has 1 unspecified atom stereocenters. The van der Waals surface area contributed by atoms with Crippen LogP contribution in [0.1, 0.15) is 44.0 Å². The number of rotatable bonds is 5. The highest BCUT2D eigenvalue weighted by atomic mass is 15.2. The first-order chi connectivity index (χ1) is 7.15. The fourth-order valence-electron chi connectivity index (χ4n) is 1.69. The summed E-state index contributed by atoms with van der Waals surface area (Å²) < 4.78 is 0. The molecule has 1 aromatic rings. The van der Waals surface area contributed by atoms with E-state index in [1.807, 2.05) is 19.2 Å². The van der Waals surface area contributed by atoms with E-state index in [1.54, 1.807) is 0 Å². The maximum absolute atomic E-state index is 5.58. The quantitative estimate of drug-likeness (QED) is 0.575. The maximum atomic E-state index is 5.58. The van der Waals surface area contributed by atoms with Crippen molar-refractivity contribution < 1.29 is 0 Å². The molecule has 0 amide bonds. The highest BCUT2D eigenvalue weighted by Crippen LogP contribution is 2.21. The number of hydrogen-bond acceptors (Lipinski definition) is 3. The van der Waals surface area contributed by atoms with Crippen LogP contribution in [-0.4, -0.2) is 4.98 Å². The van der Waals surface area contributed by atoms with Gasteiger partial charge in [-0.3, -0.25) is 16.3 Å². The Morgan fingerprint density at radius 3 is 2.67 bits per heavy atom. The molecule has 0 aromatic carbocycles. The molecule has 1 atom stereocenters. The molecular weight excluding hydrogens is 186 g/mol. The predicted molar refractivity (Wildman–Crippen MR) is 63.1 cm³/mol. The second kappa shape index (κ2) is 5.83. The average molecular weight is 207 g/mol. The molecule has 3 heteroatoms. The lowest BCUT2D eigenvalue weighted by Crippen LogP contribution is -2.29. The van der Waals surface area contributed by atoms with Crippen molar-refractivity contribution in [3.63, 3.8) is 0 Å². The molecule has 0 aliphatic carbocycles. The lowest BCUT2D eigenvalue weighted by atomic mass is 9.97. The van der Waals surface area contributed by atoms with E-state index in [4.69, 9.17) is 5.84 Å². The molecule has 1 heterocycles. The van der Waals surface area contributed by atoms with Crippen LogP contribution < -0.4 is 11.3 Å². The smallest absolute Gasteiger partial charge is 0.0478 e. The average Bonchev–Trinajstić information content (AvgIpc) is 2.21. The van der Waals surface area contributed by atoms with Gasteiger partial charge in [0.15, 0.2) is 0 Å². The Morgan fingerprint density at radius 1 is 1.40 bits per heavy atom. The van der Waals surface area contributed by atoms with Crippen molar-refractivity contribution in [1.29, 1.82) is 0 Å². The van der Waals surface area contributed by atoms with Crippen LogP contribution in [-0.2, 0) is 0 Å². The zero-order valence-electron chi connectivity index (χ0n) is 9.83. The Kier molecular flexibility index (Phi) is 4.72. The van der Waals surface area contributed by atoms with Crippen molar-refractivity contribution >= 4 is 0 Å². The molecule has 0 saturated carbocycles. The number of nitrogens with one attached hydrogen (secondary N) is 1. The molecule has 3 N–H and O–H groups in total. The molecule has 15 heavy (non-hydrogen) atoms. The van der Waals surface area contributed by atoms with Crippen molar-refractivity contribution in [2.24, 2.45) is 11.8 Å². The molecule has 1 aromatic heterocycles. The molecular formula is C12H21N3. The summed E-state index contributed by atoms with van der Waals surface area (Å²) in [4.78, 5) is 4.28. The van der Waals surface area contributed by atoms with Crippen molar-refractivity contribution in [3.8, 4) is 0 Å². The topological polar surface area (TPSA) is 50.9 Å². The van der Waals surface area contributed by atoms with Gasteiger partial charge in [-0.25, -0.2) is 0 Å². The van der Waals surface area contributed by atoms with Crippen molar-refractivity contribution in [2.75, 3.05) is 0 Å². The first kappa shape index (κ1) is 12.1. The molecule has 3 nitrogen and oxygen atoms in total. The number of hydrogen-bond donors (Lipinski definition) is 2. The molecule has 84 valence electrons. The largest absolute Gasteiger partial charge is 0.271 e. The maximum Gasteiger partial charge on any atom is 0.0478 e. The Balaban J connectivity index is 2.70. The summed E-state index contributed by atoms with van der Waals surface area (Å²) in [6.07, 6.45) is 4.04. The van der Waals surface area contributed by atoms with Gasteiger partial charge >= 0.3 is 0 Å². The number of nitrogens with zero attached hydrogens (tertiary/aromatic N) is 1. The fourth-order valence-corrected chi connectivity index (χ4v) is 1.69. The van der Waals surface area contributed by atoms with E-state index in [0.29, 0.717) is 5.92 Å². The third kappa shape index (κ3) is 3.61. The van der Waals surface area contributed by atoms with E-state index < -0.39 is 0 Å². The van der Waals surface area contributed by atoms with Gasteiger partial charge in [-0.05, 0) is 37.3 Å². The second-order valence-electron chi connectivity index (χ2n) is 4.37. The van der Waals surface area contributed by atoms with E-state index in [-0.39, 0.29) is 6.04 Å². The summed E-state index contributed by atoms with van der Waals surface area (Å²) in [5, 5.41) is 0. The lowest BCUT2D eigenvalue weighted by molar-refractivity contribution is 0.446. The van der Waals surface area contributed by atoms with Gasteiger partial charge in [-0.2, -0.15) is 0 Å². The number of aromatic nitrogens is 1. The predicted octanol–water partition coefficient (Wildman–Crippen LogP) is 2.33. The highest BCUT2D eigenvalue weighted by molar-refractivity contribution is 5.22. The van der Waals surface area contributed by atoms with Gasteiger partial charge in [0, 0.05) is 17.9 Å². The second-order valence-corrected chi connectivity index (χ2v) is 4.37. The zero-order chi connectivity index (χ0) is 11.3. The van der Waals surface area contributed by atoms with Crippen LogP contribution in [0.5, 0.6) is 0 Å². The van der Waals surface area contributed by atoms with Crippen LogP contribution in [0.2, 0.25) is 0 Å². The van der Waals surface area contributed by atoms with Gasteiger partial charge in [0.2, 0.25) is 0 Å². The SMILES string of the molecule is Cc1ncccc1C(CCC(C)C)NN. The molecule has 0 saturated heterocycles. The Bertz CT molecular complexity index is 297. The number of pyridine rings is 1. The summed E-state index contributed by atoms with van der Waals surface area (Å²) in [6.45, 7) is 6.47. The molecule has 1 rings (SSSR count). The minimum absolute atomic E-state index is 0.223. The van der Waals surface area contributed by atoms with Crippen molar-refractivity contribution in [1.82, 2.24) is 10.4 Å². The van der Waals surface area contributed by atoms with Gasteiger partial charge in [-0.15, -0.1) is 0 Å². The Hall–Kier alpha value is -0.930. The monoisotopic (exact) mass is 207 g/mol. The third-order valence-corrected chi connectivity index (χ3v) is 2.66. The lowest BCUT2D eigenvalue weighted by Gasteiger charge is -2.18. The van der Waals surface area contributed by atoms with Gasteiger partial charge in [0.1, 0.15) is 0 Å². The molecule has 0 aliphatic rings. The molecule has 0 bridgehead atoms. The Labute approximate surface area is 92.1 Å². The van der Waals surface area contributed by atoms with E-state index in [0.717, 1.165) is 12.1 Å². The zero-order valence-corrected chi connectivity index (χ0v) is 9.83. The summed E-state index contributed by atoms with van der Waals surface area (Å²) >= 11 is 0. The minimum atomic E-state index is 0.223. The first-order valence-corrected chi connectivity index (χ1v) is 5.52. The normalized spacial score (nSPS) is 13.1. The molecule has 0 fully saturated rings. The molecule has 0 aliphatic heterocycles. The third-order valence-electron chi connectivity index (χ3n) is 2.66. The minimum Gasteiger partial charge on any atom is -0.271 e. The van der Waals surface area contributed by atoms with Crippen molar-refractivity contribution in [3.05, 3.63) is 29.6 Å². The van der Waals surface area contributed by atoms with E-state index in [2.05, 4.69) is 30.3 Å². The van der Waals surface area contributed by atoms with Crippen LogP contribution in [0.4, 0.5) is 0 Å². The van der Waals surface area contributed by atoms with Crippen LogP contribution >= 0.6 is 0 Å². The Morgan fingerprint density at radius 2 is 2.13 bits per heavy atom. The van der Waals surface area contributed by atoms with Crippen LogP contribution in [0.25, 0.3) is 0 Å². The molecule has 0 radical (unpaired) electrons. The van der Waals surface area contributed by atoms with E-state index in [1.165, 1.54) is 12.0 Å². The summed E-state index contributed by atoms with van der Waals surface area (Å²) in [7, 11) is 0. The number of nitrogens with two attached hydrogens (primary N) is 1. The van der Waals surface area contributed by atoms with Crippen molar-refractivity contribution in [2.45, 2.75) is 39.7 Å². The van der Waals surface area contributed by atoms with Crippen LogP contribution in [0.3, 0.4) is 0 Å².